The quantitative estimate of drug-likeness (QED) is 0.675. The third-order valence-corrected chi connectivity index (χ3v) is 6.27. The van der Waals surface area contributed by atoms with E-state index in [0.29, 0.717) is 36.2 Å². The fourth-order valence-electron chi connectivity index (χ4n) is 4.50. The summed E-state index contributed by atoms with van der Waals surface area (Å²) < 4.78 is 26.4. The van der Waals surface area contributed by atoms with Crippen molar-refractivity contribution >= 4 is 0 Å². The molecule has 1 aromatic carbocycles. The number of hydrogen-bond acceptors (Lipinski definition) is 3. The molecule has 0 aromatic heterocycles. The highest BCUT2D eigenvalue weighted by Gasteiger charge is 2.32. The van der Waals surface area contributed by atoms with Crippen molar-refractivity contribution in [3.05, 3.63) is 35.1 Å². The van der Waals surface area contributed by atoms with E-state index in [1.54, 1.807) is 6.07 Å². The molecule has 1 aliphatic heterocycles. The number of rotatable bonds is 8. The van der Waals surface area contributed by atoms with Gasteiger partial charge in [-0.1, -0.05) is 31.9 Å². The molecular weight excluding hydrogens is 343 g/mol. The molecule has 0 radical (unpaired) electrons. The summed E-state index contributed by atoms with van der Waals surface area (Å²) in [6.07, 6.45) is 9.18. The molecule has 1 aromatic rings. The summed E-state index contributed by atoms with van der Waals surface area (Å²) in [6.45, 7) is 4.01. The number of aryl methyl sites for hydroxylation is 1. The molecule has 27 heavy (non-hydrogen) atoms. The zero-order valence-electron chi connectivity index (χ0n) is 16.7. The average Bonchev–Trinajstić information content (AvgIpc) is 2.72. The van der Waals surface area contributed by atoms with E-state index in [2.05, 4.69) is 13.0 Å². The van der Waals surface area contributed by atoms with Gasteiger partial charge in [0.1, 0.15) is 5.82 Å². The van der Waals surface area contributed by atoms with E-state index >= 15 is 0 Å². The maximum Gasteiger partial charge on any atom is 0.160 e. The fraction of sp³-hybridized carbons (Fsp3) is 0.739. The molecule has 1 N–H and O–H groups in total. The molecule has 1 saturated carbocycles. The highest BCUT2D eigenvalue weighted by atomic mass is 19.1. The lowest BCUT2D eigenvalue weighted by Crippen LogP contribution is -2.38. The van der Waals surface area contributed by atoms with Gasteiger partial charge in [0.15, 0.2) is 6.29 Å². The van der Waals surface area contributed by atoms with Crippen molar-refractivity contribution in [3.63, 3.8) is 0 Å². The van der Waals surface area contributed by atoms with Crippen molar-refractivity contribution in [2.24, 2.45) is 11.8 Å². The van der Waals surface area contributed by atoms with Crippen molar-refractivity contribution in [3.8, 4) is 0 Å². The summed E-state index contributed by atoms with van der Waals surface area (Å²) >= 11 is 0. The number of benzene rings is 1. The summed E-state index contributed by atoms with van der Waals surface area (Å²) in [6, 6.07) is 5.69. The lowest BCUT2D eigenvalue weighted by Gasteiger charge is -2.37. The van der Waals surface area contributed by atoms with Crippen molar-refractivity contribution in [1.29, 1.82) is 0 Å². The molecule has 3 rings (SSSR count). The van der Waals surface area contributed by atoms with E-state index in [4.69, 9.17) is 14.6 Å². The number of ether oxygens (including phenoxy) is 2. The van der Waals surface area contributed by atoms with Crippen LogP contribution in [0.4, 0.5) is 4.39 Å². The second-order valence-electron chi connectivity index (χ2n) is 8.33. The second kappa shape index (κ2) is 10.5. The topological polar surface area (TPSA) is 38.7 Å². The Morgan fingerprint density at radius 3 is 2.44 bits per heavy atom. The van der Waals surface area contributed by atoms with Gasteiger partial charge in [-0.15, -0.1) is 0 Å². The van der Waals surface area contributed by atoms with Gasteiger partial charge in [0.25, 0.3) is 0 Å². The molecule has 1 saturated heterocycles. The summed E-state index contributed by atoms with van der Waals surface area (Å²) in [4.78, 5) is 0. The monoisotopic (exact) mass is 378 g/mol. The predicted molar refractivity (Wildman–Crippen MR) is 105 cm³/mol. The molecule has 0 atom stereocenters. The highest BCUT2D eigenvalue weighted by Crippen LogP contribution is 2.39. The van der Waals surface area contributed by atoms with E-state index in [-0.39, 0.29) is 18.7 Å². The van der Waals surface area contributed by atoms with Crippen LogP contribution in [-0.4, -0.2) is 31.2 Å². The molecule has 2 aliphatic rings. The van der Waals surface area contributed by atoms with Gasteiger partial charge in [-0.05, 0) is 68.1 Å². The Morgan fingerprint density at radius 2 is 1.81 bits per heavy atom. The molecule has 0 spiro atoms. The molecule has 0 bridgehead atoms. The Balaban J connectivity index is 1.46. The van der Waals surface area contributed by atoms with E-state index in [9.17, 15) is 4.39 Å². The summed E-state index contributed by atoms with van der Waals surface area (Å²) in [5.74, 6) is 1.34. The number of aliphatic hydroxyl groups excluding tert-OH is 1. The molecule has 1 heterocycles. The van der Waals surface area contributed by atoms with Crippen molar-refractivity contribution in [2.75, 3.05) is 19.8 Å². The summed E-state index contributed by atoms with van der Waals surface area (Å²) in [5, 5.41) is 8.92. The highest BCUT2D eigenvalue weighted by molar-refractivity contribution is 5.27. The third-order valence-electron chi connectivity index (χ3n) is 6.27. The lowest BCUT2D eigenvalue weighted by molar-refractivity contribution is -0.229. The zero-order chi connectivity index (χ0) is 19.1. The van der Waals surface area contributed by atoms with Crippen LogP contribution in [0.1, 0.15) is 75.3 Å². The molecule has 0 amide bonds. The summed E-state index contributed by atoms with van der Waals surface area (Å²) in [7, 11) is 0. The van der Waals surface area contributed by atoms with E-state index in [1.807, 2.05) is 6.07 Å². The van der Waals surface area contributed by atoms with Crippen molar-refractivity contribution in [1.82, 2.24) is 0 Å². The van der Waals surface area contributed by atoms with Crippen LogP contribution >= 0.6 is 0 Å². The maximum atomic E-state index is 14.3. The molecule has 0 unspecified atom stereocenters. The second-order valence-corrected chi connectivity index (χ2v) is 8.33. The van der Waals surface area contributed by atoms with Crippen LogP contribution in [0.2, 0.25) is 0 Å². The van der Waals surface area contributed by atoms with Gasteiger partial charge < -0.3 is 14.6 Å². The normalized spacial score (nSPS) is 29.0. The van der Waals surface area contributed by atoms with Gasteiger partial charge in [-0.25, -0.2) is 4.39 Å². The van der Waals surface area contributed by atoms with Crippen LogP contribution in [0.3, 0.4) is 0 Å². The third kappa shape index (κ3) is 5.75. The van der Waals surface area contributed by atoms with E-state index in [1.165, 1.54) is 19.3 Å². The average molecular weight is 379 g/mol. The minimum absolute atomic E-state index is 0.0404. The van der Waals surface area contributed by atoms with E-state index < -0.39 is 0 Å². The predicted octanol–water partition coefficient (Wildman–Crippen LogP) is 5.20. The van der Waals surface area contributed by atoms with Gasteiger partial charge in [0.2, 0.25) is 0 Å². The van der Waals surface area contributed by atoms with Crippen LogP contribution in [0.15, 0.2) is 18.2 Å². The smallest absolute Gasteiger partial charge is 0.160 e. The van der Waals surface area contributed by atoms with Gasteiger partial charge in [-0.3, -0.25) is 0 Å². The van der Waals surface area contributed by atoms with Crippen LogP contribution in [0, 0.1) is 17.7 Å². The molecule has 152 valence electrons. The molecular formula is C23H35FO3. The Hall–Kier alpha value is -0.970. The SMILES string of the molecule is CCCCC1COC(C2CCC(c3ccc(CCCO)c(F)c3)CC2)OC1. The maximum absolute atomic E-state index is 14.3. The largest absolute Gasteiger partial charge is 0.396 e. The summed E-state index contributed by atoms with van der Waals surface area (Å²) in [5.41, 5.74) is 1.83. The number of aliphatic hydroxyl groups is 1. The standard InChI is InChI=1S/C23H35FO3/c1-2-3-5-17-15-26-23(27-16-17)20-10-7-18(8-11-20)21-12-9-19(6-4-13-25)22(24)14-21/h9,12,14,17-18,20,23,25H,2-8,10-11,13,15-16H2,1H3. The lowest BCUT2D eigenvalue weighted by atomic mass is 9.78. The first-order valence-electron chi connectivity index (χ1n) is 10.8. The molecule has 1 aliphatic carbocycles. The minimum atomic E-state index is -0.125. The zero-order valence-corrected chi connectivity index (χ0v) is 16.7. The van der Waals surface area contributed by atoms with Gasteiger partial charge >= 0.3 is 0 Å². The number of halogens is 1. The Labute approximate surface area is 163 Å². The first kappa shape index (κ1) is 20.8. The fourth-order valence-corrected chi connectivity index (χ4v) is 4.50. The van der Waals surface area contributed by atoms with Crippen LogP contribution < -0.4 is 0 Å². The molecule has 4 heteroatoms. The van der Waals surface area contributed by atoms with Gasteiger partial charge in [0, 0.05) is 18.4 Å². The first-order chi connectivity index (χ1) is 13.2. The Morgan fingerprint density at radius 1 is 1.07 bits per heavy atom. The van der Waals surface area contributed by atoms with Gasteiger partial charge in [-0.2, -0.15) is 0 Å². The Bertz CT molecular complexity index is 561. The van der Waals surface area contributed by atoms with E-state index in [0.717, 1.165) is 44.5 Å². The van der Waals surface area contributed by atoms with Crippen molar-refractivity contribution < 1.29 is 19.0 Å². The van der Waals surface area contributed by atoms with Crippen molar-refractivity contribution in [2.45, 2.75) is 76.9 Å². The first-order valence-corrected chi connectivity index (χ1v) is 10.8. The number of unbranched alkanes of at least 4 members (excludes halogenated alkanes) is 1. The van der Waals surface area contributed by atoms with Gasteiger partial charge in [0.05, 0.1) is 13.2 Å². The minimum Gasteiger partial charge on any atom is -0.396 e. The van der Waals surface area contributed by atoms with Crippen LogP contribution in [0.5, 0.6) is 0 Å². The molecule has 2 fully saturated rings. The number of hydrogen-bond donors (Lipinski definition) is 1. The Kier molecular flexibility index (Phi) is 8.10. The van der Waals surface area contributed by atoms with Crippen LogP contribution in [0.25, 0.3) is 0 Å². The van der Waals surface area contributed by atoms with Crippen LogP contribution in [-0.2, 0) is 15.9 Å². The molecule has 3 nitrogen and oxygen atoms in total.